The van der Waals surface area contributed by atoms with Crippen molar-refractivity contribution in [2.24, 2.45) is 11.8 Å². The number of rotatable bonds is 6. The first kappa shape index (κ1) is 18.9. The number of hydrogen-bond acceptors (Lipinski definition) is 3. The van der Waals surface area contributed by atoms with Gasteiger partial charge in [-0.3, -0.25) is 19.3 Å². The lowest BCUT2D eigenvalue weighted by Gasteiger charge is -2.25. The Morgan fingerprint density at radius 3 is 2.11 bits per heavy atom. The molecule has 1 aromatic carbocycles. The lowest BCUT2D eigenvalue weighted by Crippen LogP contribution is -2.43. The SMILES string of the molecule is CC(C)c1ccc(CN(C(=O)CN2C(=O)C3CC=CCC3C2=O)C2CC2)cc1. The molecular weight excluding hydrogens is 352 g/mol. The number of allylic oxidation sites excluding steroid dienone is 2. The minimum absolute atomic E-state index is 0.120. The summed E-state index contributed by atoms with van der Waals surface area (Å²) in [5.74, 6) is -0.551. The number of amides is 3. The Morgan fingerprint density at radius 2 is 1.61 bits per heavy atom. The predicted octanol–water partition coefficient (Wildman–Crippen LogP) is 3.25. The summed E-state index contributed by atoms with van der Waals surface area (Å²) >= 11 is 0. The summed E-state index contributed by atoms with van der Waals surface area (Å²) in [7, 11) is 0. The largest absolute Gasteiger partial charge is 0.334 e. The molecule has 2 unspecified atom stereocenters. The molecule has 1 heterocycles. The van der Waals surface area contributed by atoms with Gasteiger partial charge < -0.3 is 4.90 Å². The van der Waals surface area contributed by atoms with Gasteiger partial charge in [0.15, 0.2) is 0 Å². The second-order valence-electron chi connectivity index (χ2n) is 8.57. The monoisotopic (exact) mass is 380 g/mol. The fourth-order valence-electron chi connectivity index (χ4n) is 4.26. The van der Waals surface area contributed by atoms with Crippen molar-refractivity contribution >= 4 is 17.7 Å². The fourth-order valence-corrected chi connectivity index (χ4v) is 4.26. The molecule has 0 spiro atoms. The van der Waals surface area contributed by atoms with Crippen molar-refractivity contribution in [3.05, 3.63) is 47.5 Å². The Bertz CT molecular complexity index is 782. The van der Waals surface area contributed by atoms with Crippen LogP contribution in [0.1, 0.15) is 56.6 Å². The molecule has 0 aromatic heterocycles. The van der Waals surface area contributed by atoms with Crippen LogP contribution in [0.15, 0.2) is 36.4 Å². The highest BCUT2D eigenvalue weighted by Crippen LogP contribution is 2.35. The van der Waals surface area contributed by atoms with Gasteiger partial charge in [0.2, 0.25) is 17.7 Å². The van der Waals surface area contributed by atoms with E-state index >= 15 is 0 Å². The quantitative estimate of drug-likeness (QED) is 0.562. The molecule has 2 fully saturated rings. The van der Waals surface area contributed by atoms with Crippen LogP contribution in [0.3, 0.4) is 0 Å². The van der Waals surface area contributed by atoms with E-state index in [1.165, 1.54) is 10.5 Å². The molecule has 5 nitrogen and oxygen atoms in total. The lowest BCUT2D eigenvalue weighted by atomic mass is 9.85. The summed E-state index contributed by atoms with van der Waals surface area (Å²) in [5.41, 5.74) is 2.36. The zero-order valence-corrected chi connectivity index (χ0v) is 16.6. The smallest absolute Gasteiger partial charge is 0.243 e. The van der Waals surface area contributed by atoms with Gasteiger partial charge in [-0.25, -0.2) is 0 Å². The molecule has 2 aliphatic carbocycles. The predicted molar refractivity (Wildman–Crippen MR) is 106 cm³/mol. The first-order valence-corrected chi connectivity index (χ1v) is 10.3. The molecule has 3 aliphatic rings. The van der Waals surface area contributed by atoms with Gasteiger partial charge in [-0.15, -0.1) is 0 Å². The van der Waals surface area contributed by atoms with E-state index in [1.807, 2.05) is 17.1 Å². The second kappa shape index (κ2) is 7.53. The van der Waals surface area contributed by atoms with Crippen LogP contribution in [-0.2, 0) is 20.9 Å². The van der Waals surface area contributed by atoms with Crippen LogP contribution in [0.25, 0.3) is 0 Å². The summed E-state index contributed by atoms with van der Waals surface area (Å²) in [5, 5.41) is 0. The van der Waals surface area contributed by atoms with Gasteiger partial charge in [-0.1, -0.05) is 50.3 Å². The molecule has 1 aromatic rings. The number of carbonyl (C=O) groups excluding carboxylic acids is 3. The third kappa shape index (κ3) is 3.62. The fraction of sp³-hybridized carbons (Fsp3) is 0.522. The van der Waals surface area contributed by atoms with Crippen LogP contribution in [0.5, 0.6) is 0 Å². The zero-order chi connectivity index (χ0) is 19.8. The molecule has 5 heteroatoms. The molecule has 3 amide bonds. The number of benzene rings is 1. The van der Waals surface area contributed by atoms with Crippen molar-refractivity contribution in [3.8, 4) is 0 Å². The molecule has 1 saturated heterocycles. The molecule has 1 saturated carbocycles. The summed E-state index contributed by atoms with van der Waals surface area (Å²) in [6, 6.07) is 8.60. The topological polar surface area (TPSA) is 57.7 Å². The van der Waals surface area contributed by atoms with Gasteiger partial charge in [0.1, 0.15) is 6.54 Å². The standard InChI is InChI=1S/C23H28N2O3/c1-15(2)17-9-7-16(8-10-17)13-24(18-11-12-18)21(26)14-25-22(27)19-5-3-4-6-20(19)23(25)28/h3-4,7-10,15,18-20H,5-6,11-14H2,1-2H3. The van der Waals surface area contributed by atoms with Gasteiger partial charge in [0, 0.05) is 12.6 Å². The summed E-state index contributed by atoms with van der Waals surface area (Å²) in [4.78, 5) is 41.4. The highest BCUT2D eigenvalue weighted by Gasteiger charge is 2.48. The van der Waals surface area contributed by atoms with Crippen molar-refractivity contribution in [1.29, 1.82) is 0 Å². The zero-order valence-electron chi connectivity index (χ0n) is 16.6. The molecule has 28 heavy (non-hydrogen) atoms. The van der Waals surface area contributed by atoms with Gasteiger partial charge in [-0.2, -0.15) is 0 Å². The normalized spacial score (nSPS) is 24.0. The van der Waals surface area contributed by atoms with E-state index in [9.17, 15) is 14.4 Å². The summed E-state index contributed by atoms with van der Waals surface area (Å²) < 4.78 is 0. The first-order chi connectivity index (χ1) is 13.5. The molecule has 1 aliphatic heterocycles. The van der Waals surface area contributed by atoms with E-state index in [0.29, 0.717) is 25.3 Å². The van der Waals surface area contributed by atoms with E-state index in [2.05, 4.69) is 38.1 Å². The minimum atomic E-state index is -0.275. The van der Waals surface area contributed by atoms with Crippen LogP contribution in [-0.4, -0.2) is 40.1 Å². The average molecular weight is 380 g/mol. The van der Waals surface area contributed by atoms with Crippen molar-refractivity contribution in [1.82, 2.24) is 9.80 Å². The van der Waals surface area contributed by atoms with Crippen molar-refractivity contribution in [2.75, 3.05) is 6.54 Å². The molecule has 0 bridgehead atoms. The van der Waals surface area contributed by atoms with Crippen molar-refractivity contribution < 1.29 is 14.4 Å². The minimum Gasteiger partial charge on any atom is -0.334 e. The van der Waals surface area contributed by atoms with E-state index in [-0.39, 0.29) is 42.1 Å². The van der Waals surface area contributed by atoms with Gasteiger partial charge >= 0.3 is 0 Å². The average Bonchev–Trinajstić information content (AvgIpc) is 3.51. The first-order valence-electron chi connectivity index (χ1n) is 10.3. The Hall–Kier alpha value is -2.43. The number of likely N-dealkylation sites (tertiary alicyclic amines) is 1. The summed E-state index contributed by atoms with van der Waals surface area (Å²) in [6.07, 6.45) is 7.13. The van der Waals surface area contributed by atoms with Gasteiger partial charge in [0.05, 0.1) is 11.8 Å². The number of fused-ring (bicyclic) bond motifs is 1. The van der Waals surface area contributed by atoms with Crippen LogP contribution in [0.4, 0.5) is 0 Å². The third-order valence-electron chi connectivity index (χ3n) is 6.20. The number of imide groups is 1. The van der Waals surface area contributed by atoms with Gasteiger partial charge in [-0.05, 0) is 42.7 Å². The second-order valence-corrected chi connectivity index (χ2v) is 8.57. The van der Waals surface area contributed by atoms with Crippen LogP contribution < -0.4 is 0 Å². The van der Waals surface area contributed by atoms with Crippen LogP contribution >= 0.6 is 0 Å². The van der Waals surface area contributed by atoms with E-state index in [0.717, 1.165) is 18.4 Å². The van der Waals surface area contributed by atoms with Gasteiger partial charge in [0.25, 0.3) is 0 Å². The van der Waals surface area contributed by atoms with Crippen molar-refractivity contribution in [2.45, 2.75) is 58.0 Å². The maximum atomic E-state index is 13.0. The number of hydrogen-bond donors (Lipinski definition) is 0. The lowest BCUT2D eigenvalue weighted by molar-refractivity contribution is -0.147. The number of nitrogens with zero attached hydrogens (tertiary/aromatic N) is 2. The Morgan fingerprint density at radius 1 is 1.04 bits per heavy atom. The van der Waals surface area contributed by atoms with E-state index in [1.54, 1.807) is 0 Å². The van der Waals surface area contributed by atoms with E-state index < -0.39 is 0 Å². The van der Waals surface area contributed by atoms with Crippen molar-refractivity contribution in [3.63, 3.8) is 0 Å². The third-order valence-corrected chi connectivity index (χ3v) is 6.20. The molecule has 0 radical (unpaired) electrons. The van der Waals surface area contributed by atoms with Crippen LogP contribution in [0.2, 0.25) is 0 Å². The molecule has 0 N–H and O–H groups in total. The summed E-state index contributed by atoms with van der Waals surface area (Å²) in [6.45, 7) is 4.73. The maximum Gasteiger partial charge on any atom is 0.243 e. The Kier molecular flexibility index (Phi) is 5.09. The number of carbonyl (C=O) groups is 3. The maximum absolute atomic E-state index is 13.0. The molecule has 148 valence electrons. The van der Waals surface area contributed by atoms with Crippen LogP contribution in [0, 0.1) is 11.8 Å². The molecule has 4 rings (SSSR count). The molecular formula is C23H28N2O3. The highest BCUT2D eigenvalue weighted by molar-refractivity contribution is 6.07. The Labute approximate surface area is 166 Å². The molecule has 2 atom stereocenters. The highest BCUT2D eigenvalue weighted by atomic mass is 16.2. The Balaban J connectivity index is 1.44. The van der Waals surface area contributed by atoms with E-state index in [4.69, 9.17) is 0 Å².